The Balaban J connectivity index is 1.53. The van der Waals surface area contributed by atoms with Crippen LogP contribution in [-0.2, 0) is 9.31 Å². The van der Waals surface area contributed by atoms with Crippen molar-refractivity contribution in [2.45, 2.75) is 139 Å². The third kappa shape index (κ3) is 6.59. The van der Waals surface area contributed by atoms with Crippen LogP contribution in [0.1, 0.15) is 100 Å². The van der Waals surface area contributed by atoms with Gasteiger partial charge in [-0.05, 0) is 123 Å². The van der Waals surface area contributed by atoms with E-state index < -0.39 is 22.4 Å². The first-order valence-electron chi connectivity index (χ1n) is 14.6. The number of allylic oxidation sites excluding steroid dienone is 4. The van der Waals surface area contributed by atoms with Gasteiger partial charge in [-0.2, -0.15) is 11.8 Å². The Morgan fingerprint density at radius 1 is 0.892 bits per heavy atom. The molecule has 3 aliphatic carbocycles. The molecule has 0 amide bonds. The van der Waals surface area contributed by atoms with Gasteiger partial charge in [-0.25, -0.2) is 0 Å². The second-order valence-corrected chi connectivity index (χ2v) is 15.7. The fourth-order valence-electron chi connectivity index (χ4n) is 6.47. The van der Waals surface area contributed by atoms with Gasteiger partial charge in [-0.1, -0.05) is 30.1 Å². The number of fused-ring (bicyclic) bond motifs is 3. The van der Waals surface area contributed by atoms with E-state index >= 15 is 0 Å². The van der Waals surface area contributed by atoms with Crippen LogP contribution in [-0.4, -0.2) is 58.1 Å². The molecule has 0 bridgehead atoms. The molecular weight excluding hydrogens is 478 g/mol. The molecule has 7 atom stereocenters. The van der Waals surface area contributed by atoms with Crippen LogP contribution < -0.4 is 0 Å². The molecule has 0 aromatic carbocycles. The van der Waals surface area contributed by atoms with Gasteiger partial charge in [0.2, 0.25) is 0 Å². The average molecular weight is 528 g/mol. The SMILES string of the molecule is CC(C)(O)C(C)(C)O[B]C1=CC([B]OC(C)(C)C(C)(C)O)CC(C2CCCC3SC4CCC=CC4C32)C1. The first kappa shape index (κ1) is 29.8. The minimum Gasteiger partial charge on any atom is -0.432 e. The Morgan fingerprint density at radius 2 is 1.57 bits per heavy atom. The summed E-state index contributed by atoms with van der Waals surface area (Å²) in [6, 6.07) is 0. The maximum Gasteiger partial charge on any atom is 0.326 e. The molecule has 1 aliphatic heterocycles. The van der Waals surface area contributed by atoms with Crippen molar-refractivity contribution in [1.29, 1.82) is 0 Å². The summed E-state index contributed by atoms with van der Waals surface area (Å²) in [6.45, 7) is 15.0. The van der Waals surface area contributed by atoms with Crippen LogP contribution in [0.3, 0.4) is 0 Å². The molecule has 2 radical (unpaired) electrons. The summed E-state index contributed by atoms with van der Waals surface area (Å²) < 4.78 is 12.5. The number of thioether (sulfide) groups is 1. The fraction of sp³-hybridized carbons (Fsp3) is 0.867. The molecule has 37 heavy (non-hydrogen) atoms. The van der Waals surface area contributed by atoms with E-state index in [0.29, 0.717) is 11.8 Å². The summed E-state index contributed by atoms with van der Waals surface area (Å²) in [6.07, 6.45) is 16.0. The third-order valence-electron chi connectivity index (χ3n) is 10.2. The Morgan fingerprint density at radius 3 is 2.24 bits per heavy atom. The predicted molar refractivity (Wildman–Crippen MR) is 157 cm³/mol. The van der Waals surface area contributed by atoms with E-state index in [4.69, 9.17) is 9.31 Å². The van der Waals surface area contributed by atoms with Crippen molar-refractivity contribution in [2.24, 2.45) is 23.7 Å². The largest absolute Gasteiger partial charge is 0.432 e. The second-order valence-electron chi connectivity index (χ2n) is 14.2. The lowest BCUT2D eigenvalue weighted by atomic mass is 9.56. The summed E-state index contributed by atoms with van der Waals surface area (Å²) in [5.74, 6) is 2.94. The zero-order valence-corrected chi connectivity index (χ0v) is 25.3. The summed E-state index contributed by atoms with van der Waals surface area (Å²) >= 11 is 2.29. The summed E-state index contributed by atoms with van der Waals surface area (Å²) in [5.41, 5.74) is -2.09. The molecule has 0 aromatic rings. The predicted octanol–water partition coefficient (Wildman–Crippen LogP) is 6.31. The highest BCUT2D eigenvalue weighted by Gasteiger charge is 2.50. The van der Waals surface area contributed by atoms with Crippen molar-refractivity contribution in [2.75, 3.05) is 0 Å². The van der Waals surface area contributed by atoms with Gasteiger partial charge in [-0.15, -0.1) is 0 Å². The van der Waals surface area contributed by atoms with Crippen molar-refractivity contribution in [1.82, 2.24) is 0 Å². The molecule has 0 spiro atoms. The zero-order chi connectivity index (χ0) is 27.2. The van der Waals surface area contributed by atoms with Gasteiger partial charge in [0.1, 0.15) is 0 Å². The van der Waals surface area contributed by atoms with Gasteiger partial charge in [0.25, 0.3) is 0 Å². The average Bonchev–Trinajstić information content (AvgIpc) is 3.19. The van der Waals surface area contributed by atoms with E-state index in [0.717, 1.165) is 35.2 Å². The van der Waals surface area contributed by atoms with Crippen LogP contribution >= 0.6 is 11.8 Å². The third-order valence-corrected chi connectivity index (χ3v) is 12.0. The number of aliphatic hydroxyl groups is 2. The highest BCUT2D eigenvalue weighted by molar-refractivity contribution is 8.00. The highest BCUT2D eigenvalue weighted by atomic mass is 32.2. The van der Waals surface area contributed by atoms with Gasteiger partial charge in [0.15, 0.2) is 0 Å². The number of rotatable bonds is 9. The molecule has 4 aliphatic rings. The Bertz CT molecular complexity index is 857. The molecule has 2 fully saturated rings. The molecule has 0 aromatic heterocycles. The van der Waals surface area contributed by atoms with Crippen LogP contribution in [0.2, 0.25) is 5.82 Å². The Hall–Kier alpha value is -0.200. The summed E-state index contributed by atoms with van der Waals surface area (Å²) in [7, 11) is 3.87. The minimum atomic E-state index is -0.955. The molecule has 7 unspecified atom stereocenters. The molecule has 7 heteroatoms. The minimum absolute atomic E-state index is 0.160. The van der Waals surface area contributed by atoms with Gasteiger partial charge >= 0.3 is 15.0 Å². The van der Waals surface area contributed by atoms with Crippen molar-refractivity contribution in [3.8, 4) is 0 Å². The van der Waals surface area contributed by atoms with Crippen LogP contribution in [0.15, 0.2) is 23.7 Å². The lowest BCUT2D eigenvalue weighted by Gasteiger charge is -2.44. The lowest BCUT2D eigenvalue weighted by molar-refractivity contribution is -0.0911. The van der Waals surface area contributed by atoms with Crippen LogP contribution in [0.4, 0.5) is 0 Å². The van der Waals surface area contributed by atoms with Gasteiger partial charge in [-0.3, -0.25) is 0 Å². The smallest absolute Gasteiger partial charge is 0.326 e. The maximum absolute atomic E-state index is 10.6. The fourth-order valence-corrected chi connectivity index (χ4v) is 8.51. The van der Waals surface area contributed by atoms with E-state index in [1.807, 2.05) is 42.7 Å². The van der Waals surface area contributed by atoms with E-state index in [1.165, 1.54) is 37.6 Å². The summed E-state index contributed by atoms with van der Waals surface area (Å²) in [5, 5.41) is 22.9. The van der Waals surface area contributed by atoms with Crippen molar-refractivity contribution in [3.63, 3.8) is 0 Å². The lowest BCUT2D eigenvalue weighted by Crippen LogP contribution is -2.49. The normalized spacial score (nSPS) is 35.0. The van der Waals surface area contributed by atoms with Crippen molar-refractivity contribution < 1.29 is 19.5 Å². The van der Waals surface area contributed by atoms with Gasteiger partial charge in [0.05, 0.1) is 22.4 Å². The number of hydrogen-bond acceptors (Lipinski definition) is 5. The second kappa shape index (κ2) is 11.0. The molecular formula is C30H50B2O4S. The van der Waals surface area contributed by atoms with E-state index in [1.54, 1.807) is 27.7 Å². The Labute approximate surface area is 232 Å². The number of hydrogen-bond donors (Lipinski definition) is 2. The standard InChI is InChI=1S/C30H50B2O4S/c1-27(2,33)29(5,6)35-31-20-16-19(17-21(18-20)32-36-30(7,8)28(3,4)34)22-13-11-15-25-26(22)23-12-9-10-14-24(23)37-25/h9,12,18-20,22-26,33-34H,10-11,13-17H2,1-8H3. The van der Waals surface area contributed by atoms with E-state index in [-0.39, 0.29) is 5.82 Å². The first-order chi connectivity index (χ1) is 17.1. The molecule has 4 rings (SSSR count). The van der Waals surface area contributed by atoms with Gasteiger partial charge < -0.3 is 19.5 Å². The molecule has 1 saturated heterocycles. The Kier molecular flexibility index (Phi) is 8.85. The summed E-state index contributed by atoms with van der Waals surface area (Å²) in [4.78, 5) is 0. The van der Waals surface area contributed by atoms with Crippen molar-refractivity contribution in [3.05, 3.63) is 23.7 Å². The van der Waals surface area contributed by atoms with Gasteiger partial charge in [0, 0.05) is 10.5 Å². The van der Waals surface area contributed by atoms with E-state index in [2.05, 4.69) is 30.0 Å². The zero-order valence-electron chi connectivity index (χ0n) is 24.5. The maximum atomic E-state index is 10.6. The molecule has 1 heterocycles. The van der Waals surface area contributed by atoms with E-state index in [9.17, 15) is 10.2 Å². The topological polar surface area (TPSA) is 58.9 Å². The first-order valence-corrected chi connectivity index (χ1v) is 15.5. The molecule has 206 valence electrons. The van der Waals surface area contributed by atoms with Crippen LogP contribution in [0.25, 0.3) is 0 Å². The van der Waals surface area contributed by atoms with Crippen LogP contribution in [0, 0.1) is 23.7 Å². The molecule has 1 saturated carbocycles. The molecule has 2 N–H and O–H groups in total. The van der Waals surface area contributed by atoms with Crippen LogP contribution in [0.5, 0.6) is 0 Å². The van der Waals surface area contributed by atoms with Crippen molar-refractivity contribution >= 4 is 26.7 Å². The highest BCUT2D eigenvalue weighted by Crippen LogP contribution is 2.58. The quantitative estimate of drug-likeness (QED) is 0.272. The monoisotopic (exact) mass is 528 g/mol. The molecule has 4 nitrogen and oxygen atoms in total.